The Morgan fingerprint density at radius 2 is 1.85 bits per heavy atom. The Hall–Kier alpha value is -2.60. The lowest BCUT2D eigenvalue weighted by Gasteiger charge is -2.08. The van der Waals surface area contributed by atoms with Gasteiger partial charge in [0, 0.05) is 17.2 Å². The number of carbonyl (C=O) groups excluding carboxylic acids is 1. The van der Waals surface area contributed by atoms with Gasteiger partial charge in [-0.1, -0.05) is 6.07 Å². The van der Waals surface area contributed by atoms with E-state index in [4.69, 9.17) is 0 Å². The Morgan fingerprint density at radius 1 is 1.11 bits per heavy atom. The molecule has 0 unspecified atom stereocenters. The number of thioether (sulfide) groups is 1. The molecule has 4 nitrogen and oxygen atoms in total. The maximum absolute atomic E-state index is 13.1. The molecule has 140 valence electrons. The van der Waals surface area contributed by atoms with Gasteiger partial charge in [0.05, 0.1) is 23.1 Å². The molecule has 0 fully saturated rings. The van der Waals surface area contributed by atoms with Gasteiger partial charge in [-0.15, -0.1) is 11.8 Å². The molecule has 2 aromatic carbocycles. The largest absolute Gasteiger partial charge is 0.351 e. The summed E-state index contributed by atoms with van der Waals surface area (Å²) in [6.45, 7) is 6.59. The standard InChI is InChI=1S/C21H22FN3OS/c1-14-4-9-19(12-15(14)2)27-11-10-23-21(26)20-13-24-25(16(20)3)18-7-5-17(22)6-8-18/h4-9,12-13H,10-11H2,1-3H3,(H,23,26). The highest BCUT2D eigenvalue weighted by atomic mass is 32.2. The summed E-state index contributed by atoms with van der Waals surface area (Å²) in [5, 5.41) is 7.20. The van der Waals surface area contributed by atoms with Crippen molar-refractivity contribution in [3.63, 3.8) is 0 Å². The zero-order valence-corrected chi connectivity index (χ0v) is 16.4. The van der Waals surface area contributed by atoms with Crippen molar-refractivity contribution in [3.8, 4) is 5.69 Å². The average Bonchev–Trinajstić information content (AvgIpc) is 3.04. The number of benzene rings is 2. The van der Waals surface area contributed by atoms with Crippen LogP contribution in [0.4, 0.5) is 4.39 Å². The Labute approximate surface area is 162 Å². The Balaban J connectivity index is 1.57. The molecule has 1 N–H and O–H groups in total. The van der Waals surface area contributed by atoms with Crippen molar-refractivity contribution < 1.29 is 9.18 Å². The highest BCUT2D eigenvalue weighted by Crippen LogP contribution is 2.20. The topological polar surface area (TPSA) is 46.9 Å². The Kier molecular flexibility index (Phi) is 5.96. The van der Waals surface area contributed by atoms with Crippen molar-refractivity contribution in [3.05, 3.63) is 76.9 Å². The van der Waals surface area contributed by atoms with Crippen molar-refractivity contribution in [1.29, 1.82) is 0 Å². The van der Waals surface area contributed by atoms with E-state index in [1.165, 1.54) is 28.2 Å². The number of halogens is 1. The van der Waals surface area contributed by atoms with E-state index in [-0.39, 0.29) is 11.7 Å². The molecule has 0 atom stereocenters. The van der Waals surface area contributed by atoms with E-state index in [0.29, 0.717) is 12.1 Å². The number of amides is 1. The van der Waals surface area contributed by atoms with Crippen LogP contribution in [-0.4, -0.2) is 28.0 Å². The van der Waals surface area contributed by atoms with E-state index in [1.807, 2.05) is 6.92 Å². The summed E-state index contributed by atoms with van der Waals surface area (Å²) in [6, 6.07) is 12.4. The van der Waals surface area contributed by atoms with Crippen LogP contribution in [0.25, 0.3) is 5.69 Å². The van der Waals surface area contributed by atoms with Crippen LogP contribution in [0, 0.1) is 26.6 Å². The number of aromatic nitrogens is 2. The highest BCUT2D eigenvalue weighted by Gasteiger charge is 2.14. The number of carbonyl (C=O) groups is 1. The molecule has 27 heavy (non-hydrogen) atoms. The van der Waals surface area contributed by atoms with Gasteiger partial charge in [0.15, 0.2) is 0 Å². The Morgan fingerprint density at radius 3 is 2.56 bits per heavy atom. The van der Waals surface area contributed by atoms with E-state index in [0.717, 1.165) is 17.1 Å². The first-order valence-electron chi connectivity index (χ1n) is 8.74. The summed E-state index contributed by atoms with van der Waals surface area (Å²) >= 11 is 1.72. The molecule has 3 rings (SSSR count). The van der Waals surface area contributed by atoms with Crippen molar-refractivity contribution in [1.82, 2.24) is 15.1 Å². The molecule has 0 aliphatic heterocycles. The zero-order valence-electron chi connectivity index (χ0n) is 15.6. The molecule has 1 amide bonds. The quantitative estimate of drug-likeness (QED) is 0.505. The molecule has 1 heterocycles. The van der Waals surface area contributed by atoms with Gasteiger partial charge in [-0.25, -0.2) is 9.07 Å². The van der Waals surface area contributed by atoms with Gasteiger partial charge in [-0.05, 0) is 68.3 Å². The summed E-state index contributed by atoms with van der Waals surface area (Å²) in [7, 11) is 0. The summed E-state index contributed by atoms with van der Waals surface area (Å²) in [5.41, 5.74) is 4.52. The summed E-state index contributed by atoms with van der Waals surface area (Å²) in [5.74, 6) is 0.337. The molecule has 1 aromatic heterocycles. The summed E-state index contributed by atoms with van der Waals surface area (Å²) in [4.78, 5) is 13.6. The van der Waals surface area contributed by atoms with Gasteiger partial charge in [0.25, 0.3) is 5.91 Å². The summed E-state index contributed by atoms with van der Waals surface area (Å²) < 4.78 is 14.7. The molecule has 0 aliphatic carbocycles. The second-order valence-electron chi connectivity index (χ2n) is 6.38. The molecule has 0 radical (unpaired) electrons. The molecule has 3 aromatic rings. The fraction of sp³-hybridized carbons (Fsp3) is 0.238. The van der Waals surface area contributed by atoms with Gasteiger partial charge in [-0.2, -0.15) is 5.10 Å². The van der Waals surface area contributed by atoms with Crippen molar-refractivity contribution in [2.45, 2.75) is 25.7 Å². The number of hydrogen-bond acceptors (Lipinski definition) is 3. The van der Waals surface area contributed by atoms with Gasteiger partial charge >= 0.3 is 0 Å². The monoisotopic (exact) mass is 383 g/mol. The van der Waals surface area contributed by atoms with Crippen LogP contribution >= 0.6 is 11.8 Å². The van der Waals surface area contributed by atoms with Crippen LogP contribution in [0.15, 0.2) is 53.6 Å². The summed E-state index contributed by atoms with van der Waals surface area (Å²) in [6.07, 6.45) is 1.55. The number of nitrogens with zero attached hydrogens (tertiary/aromatic N) is 2. The molecule has 6 heteroatoms. The molecular weight excluding hydrogens is 361 g/mol. The van der Waals surface area contributed by atoms with Gasteiger partial charge < -0.3 is 5.32 Å². The number of aryl methyl sites for hydroxylation is 2. The second kappa shape index (κ2) is 8.39. The van der Waals surface area contributed by atoms with Crippen LogP contribution < -0.4 is 5.32 Å². The van der Waals surface area contributed by atoms with Crippen LogP contribution in [0.3, 0.4) is 0 Å². The molecular formula is C21H22FN3OS. The minimum absolute atomic E-state index is 0.151. The van der Waals surface area contributed by atoms with Crippen molar-refractivity contribution in [2.24, 2.45) is 0 Å². The second-order valence-corrected chi connectivity index (χ2v) is 7.55. The lowest BCUT2D eigenvalue weighted by molar-refractivity contribution is 0.0955. The molecule has 0 spiro atoms. The van der Waals surface area contributed by atoms with E-state index in [1.54, 1.807) is 34.8 Å². The van der Waals surface area contributed by atoms with Gasteiger partial charge in [-0.3, -0.25) is 4.79 Å². The van der Waals surface area contributed by atoms with Gasteiger partial charge in [0.1, 0.15) is 5.82 Å². The van der Waals surface area contributed by atoms with E-state index >= 15 is 0 Å². The highest BCUT2D eigenvalue weighted by molar-refractivity contribution is 7.99. The normalized spacial score (nSPS) is 10.8. The number of nitrogens with one attached hydrogen (secondary N) is 1. The first-order valence-corrected chi connectivity index (χ1v) is 9.73. The minimum Gasteiger partial charge on any atom is -0.351 e. The zero-order chi connectivity index (χ0) is 19.4. The predicted molar refractivity (Wildman–Crippen MR) is 107 cm³/mol. The van der Waals surface area contributed by atoms with Crippen LogP contribution in [-0.2, 0) is 0 Å². The first kappa shape index (κ1) is 19.2. The molecule has 0 saturated carbocycles. The third kappa shape index (κ3) is 4.57. The van der Waals surface area contributed by atoms with Crippen molar-refractivity contribution >= 4 is 17.7 Å². The van der Waals surface area contributed by atoms with Crippen LogP contribution in [0.5, 0.6) is 0 Å². The smallest absolute Gasteiger partial charge is 0.254 e. The maximum Gasteiger partial charge on any atom is 0.254 e. The van der Waals surface area contributed by atoms with Crippen molar-refractivity contribution in [2.75, 3.05) is 12.3 Å². The third-order valence-corrected chi connectivity index (χ3v) is 5.46. The lowest BCUT2D eigenvalue weighted by atomic mass is 10.1. The third-order valence-electron chi connectivity index (χ3n) is 4.46. The lowest BCUT2D eigenvalue weighted by Crippen LogP contribution is -2.26. The first-order chi connectivity index (χ1) is 13.0. The molecule has 0 bridgehead atoms. The van der Waals surface area contributed by atoms with Gasteiger partial charge in [0.2, 0.25) is 0 Å². The average molecular weight is 383 g/mol. The maximum atomic E-state index is 13.1. The Bertz CT molecular complexity index is 951. The minimum atomic E-state index is -0.303. The number of rotatable bonds is 6. The van der Waals surface area contributed by atoms with E-state index in [2.05, 4.69) is 42.5 Å². The molecule has 0 aliphatic rings. The fourth-order valence-corrected chi connectivity index (χ4v) is 3.57. The molecule has 0 saturated heterocycles. The predicted octanol–water partition coefficient (Wildman–Crippen LogP) is 4.46. The van der Waals surface area contributed by atoms with Crippen LogP contribution in [0.2, 0.25) is 0 Å². The number of hydrogen-bond donors (Lipinski definition) is 1. The van der Waals surface area contributed by atoms with Crippen LogP contribution in [0.1, 0.15) is 27.2 Å². The van der Waals surface area contributed by atoms with E-state index in [9.17, 15) is 9.18 Å². The fourth-order valence-electron chi connectivity index (χ4n) is 2.71. The van der Waals surface area contributed by atoms with E-state index < -0.39 is 0 Å². The SMILES string of the molecule is Cc1ccc(SCCNC(=O)c2cnn(-c3ccc(F)cc3)c2C)cc1C.